The van der Waals surface area contributed by atoms with Gasteiger partial charge < -0.3 is 15.5 Å². The van der Waals surface area contributed by atoms with E-state index in [0.717, 1.165) is 25.7 Å². The van der Waals surface area contributed by atoms with Crippen LogP contribution in [0.25, 0.3) is 0 Å². The predicted molar refractivity (Wildman–Crippen MR) is 46.8 cm³/mol. The largest absolute Gasteiger partial charge is 0.330 e. The zero-order valence-electron chi connectivity index (χ0n) is 7.02. The molecule has 1 rings (SSSR count). The minimum atomic E-state index is -3.95. The maximum Gasteiger partial charge on any atom is 0.330 e. The lowest BCUT2D eigenvalue weighted by atomic mass is 10.0. The Morgan fingerprint density at radius 1 is 1.42 bits per heavy atom. The van der Waals surface area contributed by atoms with Crippen molar-refractivity contribution in [3.8, 4) is 0 Å². The normalized spacial score (nSPS) is 22.9. The molecule has 1 aliphatic rings. The molecule has 0 spiro atoms. The molecule has 1 saturated carbocycles. The molecular formula is C7H16NO3P. The van der Waals surface area contributed by atoms with Crippen LogP contribution in [0.2, 0.25) is 0 Å². The molecule has 0 saturated heterocycles. The molecule has 0 aromatic rings. The van der Waals surface area contributed by atoms with E-state index >= 15 is 0 Å². The van der Waals surface area contributed by atoms with E-state index in [-0.39, 0.29) is 12.5 Å². The van der Waals surface area contributed by atoms with Crippen LogP contribution in [-0.4, -0.2) is 22.0 Å². The Labute approximate surface area is 72.3 Å². The van der Waals surface area contributed by atoms with Crippen molar-refractivity contribution >= 4 is 7.60 Å². The zero-order valence-corrected chi connectivity index (χ0v) is 7.91. The standard InChI is InChI=1S/C7H16NO3P/c8-5-7(12(9,10)11)6-3-1-2-4-6/h6-7H,1-5,8H2,(H2,9,10,11). The second-order valence-electron chi connectivity index (χ2n) is 3.44. The lowest BCUT2D eigenvalue weighted by Crippen LogP contribution is -2.27. The maximum absolute atomic E-state index is 11.0. The molecule has 0 aliphatic heterocycles. The van der Waals surface area contributed by atoms with Crippen molar-refractivity contribution in [2.45, 2.75) is 31.3 Å². The summed E-state index contributed by atoms with van der Waals surface area (Å²) in [7, 11) is -3.95. The average Bonchev–Trinajstić information content (AvgIpc) is 2.38. The molecule has 0 heterocycles. The summed E-state index contributed by atoms with van der Waals surface area (Å²) < 4.78 is 11.0. The van der Waals surface area contributed by atoms with Gasteiger partial charge in [0.05, 0.1) is 5.66 Å². The average molecular weight is 193 g/mol. The molecule has 72 valence electrons. The third kappa shape index (κ3) is 2.30. The zero-order chi connectivity index (χ0) is 9.19. The van der Waals surface area contributed by atoms with E-state index in [4.69, 9.17) is 15.5 Å². The SMILES string of the molecule is NCC(C1CCCC1)P(=O)(O)O. The highest BCUT2D eigenvalue weighted by Crippen LogP contribution is 2.48. The molecule has 1 unspecified atom stereocenters. The van der Waals surface area contributed by atoms with Crippen molar-refractivity contribution in [2.75, 3.05) is 6.54 Å². The number of hydrogen-bond donors (Lipinski definition) is 3. The summed E-state index contributed by atoms with van der Waals surface area (Å²) in [5.41, 5.74) is 4.75. The van der Waals surface area contributed by atoms with Crippen molar-refractivity contribution in [1.29, 1.82) is 0 Å². The number of rotatable bonds is 3. The highest BCUT2D eigenvalue weighted by atomic mass is 31.2. The Bertz CT molecular complexity index is 185. The van der Waals surface area contributed by atoms with Crippen LogP contribution in [0.1, 0.15) is 25.7 Å². The maximum atomic E-state index is 11.0. The van der Waals surface area contributed by atoms with Gasteiger partial charge >= 0.3 is 7.60 Å². The van der Waals surface area contributed by atoms with Crippen molar-refractivity contribution in [1.82, 2.24) is 0 Å². The van der Waals surface area contributed by atoms with Gasteiger partial charge in [-0.05, 0) is 18.8 Å². The van der Waals surface area contributed by atoms with Crippen LogP contribution in [0.15, 0.2) is 0 Å². The van der Waals surface area contributed by atoms with Crippen LogP contribution in [0.3, 0.4) is 0 Å². The van der Waals surface area contributed by atoms with Crippen molar-refractivity contribution < 1.29 is 14.4 Å². The Kier molecular flexibility index (Phi) is 3.29. The van der Waals surface area contributed by atoms with E-state index in [0.29, 0.717) is 0 Å². The third-order valence-electron chi connectivity index (χ3n) is 2.62. The van der Waals surface area contributed by atoms with Gasteiger partial charge in [0, 0.05) is 6.54 Å². The van der Waals surface area contributed by atoms with Crippen LogP contribution in [0.5, 0.6) is 0 Å². The van der Waals surface area contributed by atoms with E-state index < -0.39 is 13.3 Å². The second kappa shape index (κ2) is 3.88. The van der Waals surface area contributed by atoms with Gasteiger partial charge in [-0.1, -0.05) is 12.8 Å². The Hall–Kier alpha value is 0.110. The first-order valence-corrected chi connectivity index (χ1v) is 5.99. The molecule has 0 aromatic heterocycles. The first-order chi connectivity index (χ1) is 5.55. The summed E-state index contributed by atoms with van der Waals surface area (Å²) in [4.78, 5) is 17.9. The highest BCUT2D eigenvalue weighted by Gasteiger charge is 2.36. The van der Waals surface area contributed by atoms with Gasteiger partial charge in [-0.15, -0.1) is 0 Å². The number of nitrogens with two attached hydrogens (primary N) is 1. The first-order valence-electron chi connectivity index (χ1n) is 4.31. The van der Waals surface area contributed by atoms with Crippen molar-refractivity contribution in [3.05, 3.63) is 0 Å². The van der Waals surface area contributed by atoms with Crippen LogP contribution in [0, 0.1) is 5.92 Å². The lowest BCUT2D eigenvalue weighted by Gasteiger charge is -2.22. The third-order valence-corrected chi connectivity index (χ3v) is 4.11. The summed E-state index contributed by atoms with van der Waals surface area (Å²) in [6, 6.07) is 0. The molecule has 0 amide bonds. The monoisotopic (exact) mass is 193 g/mol. The summed E-state index contributed by atoms with van der Waals surface area (Å²) in [6.45, 7) is 0.106. The second-order valence-corrected chi connectivity index (χ2v) is 5.28. The molecule has 0 radical (unpaired) electrons. The van der Waals surface area contributed by atoms with Gasteiger partial charge in [-0.2, -0.15) is 0 Å². The Balaban J connectivity index is 2.61. The van der Waals surface area contributed by atoms with Crippen LogP contribution in [-0.2, 0) is 4.57 Å². The molecule has 0 bridgehead atoms. The van der Waals surface area contributed by atoms with Crippen molar-refractivity contribution in [2.24, 2.45) is 11.7 Å². The lowest BCUT2D eigenvalue weighted by molar-refractivity contribution is 0.334. The molecule has 1 fully saturated rings. The fourth-order valence-electron chi connectivity index (χ4n) is 1.95. The van der Waals surface area contributed by atoms with Gasteiger partial charge in [-0.3, -0.25) is 4.57 Å². The van der Waals surface area contributed by atoms with E-state index in [1.807, 2.05) is 0 Å². The minimum absolute atomic E-state index is 0.106. The summed E-state index contributed by atoms with van der Waals surface area (Å²) in [5.74, 6) is 0.149. The van der Waals surface area contributed by atoms with E-state index in [9.17, 15) is 4.57 Å². The molecule has 4 N–H and O–H groups in total. The molecule has 0 aromatic carbocycles. The topological polar surface area (TPSA) is 83.6 Å². The highest BCUT2D eigenvalue weighted by molar-refractivity contribution is 7.52. The fraction of sp³-hybridized carbons (Fsp3) is 1.00. The smallest absolute Gasteiger partial charge is 0.330 e. The Morgan fingerprint density at radius 2 is 1.92 bits per heavy atom. The molecule has 1 atom stereocenters. The summed E-state index contributed by atoms with van der Waals surface area (Å²) in [5, 5.41) is 0. The van der Waals surface area contributed by atoms with Crippen LogP contribution < -0.4 is 5.73 Å². The van der Waals surface area contributed by atoms with E-state index in [1.165, 1.54) is 0 Å². The van der Waals surface area contributed by atoms with Gasteiger partial charge in [-0.25, -0.2) is 0 Å². The fourth-order valence-corrected chi connectivity index (χ4v) is 3.07. The van der Waals surface area contributed by atoms with E-state index in [1.54, 1.807) is 0 Å². The molecule has 1 aliphatic carbocycles. The quantitative estimate of drug-likeness (QED) is 0.575. The predicted octanol–water partition coefficient (Wildman–Crippen LogP) is 0.682. The van der Waals surface area contributed by atoms with Crippen LogP contribution >= 0.6 is 7.60 Å². The van der Waals surface area contributed by atoms with Gasteiger partial charge in [0.1, 0.15) is 0 Å². The van der Waals surface area contributed by atoms with Gasteiger partial charge in [0.15, 0.2) is 0 Å². The molecule has 5 heteroatoms. The van der Waals surface area contributed by atoms with Crippen molar-refractivity contribution in [3.63, 3.8) is 0 Å². The number of hydrogen-bond acceptors (Lipinski definition) is 2. The summed E-state index contributed by atoms with van der Waals surface area (Å²) in [6.07, 6.45) is 4.02. The molecule has 12 heavy (non-hydrogen) atoms. The first kappa shape index (κ1) is 10.2. The molecular weight excluding hydrogens is 177 g/mol. The summed E-state index contributed by atoms with van der Waals surface area (Å²) >= 11 is 0. The van der Waals surface area contributed by atoms with Gasteiger partial charge in [0.2, 0.25) is 0 Å². The van der Waals surface area contributed by atoms with Crippen LogP contribution in [0.4, 0.5) is 0 Å². The minimum Gasteiger partial charge on any atom is -0.330 e. The van der Waals surface area contributed by atoms with E-state index in [2.05, 4.69) is 0 Å². The molecule has 4 nitrogen and oxygen atoms in total. The van der Waals surface area contributed by atoms with Gasteiger partial charge in [0.25, 0.3) is 0 Å². The Morgan fingerprint density at radius 3 is 2.25 bits per heavy atom.